The van der Waals surface area contributed by atoms with Gasteiger partial charge in [-0.3, -0.25) is 37.3 Å². The van der Waals surface area contributed by atoms with Gasteiger partial charge in [-0.15, -0.1) is 0 Å². The van der Waals surface area contributed by atoms with Gasteiger partial charge in [0.15, 0.2) is 12.2 Å². The van der Waals surface area contributed by atoms with Crippen LogP contribution in [0.3, 0.4) is 0 Å². The summed E-state index contributed by atoms with van der Waals surface area (Å²) in [7, 11) is -9.92. The second-order valence-electron chi connectivity index (χ2n) is 30.2. The summed E-state index contributed by atoms with van der Waals surface area (Å²) >= 11 is 0. The number of carbonyl (C=O) groups is 4. The van der Waals surface area contributed by atoms with Crippen LogP contribution < -0.4 is 0 Å². The number of carbonyl (C=O) groups excluding carboxylic acids is 4. The topological polar surface area (TPSA) is 237 Å². The van der Waals surface area contributed by atoms with E-state index in [9.17, 15) is 43.2 Å². The number of hydrogen-bond donors (Lipinski definition) is 3. The lowest BCUT2D eigenvalue weighted by Crippen LogP contribution is -2.30. The van der Waals surface area contributed by atoms with Crippen molar-refractivity contribution in [1.82, 2.24) is 0 Å². The molecule has 0 aromatic heterocycles. The van der Waals surface area contributed by atoms with E-state index in [4.69, 9.17) is 37.0 Å². The molecule has 0 amide bonds. The molecule has 0 bridgehead atoms. The van der Waals surface area contributed by atoms with Crippen LogP contribution in [0.4, 0.5) is 0 Å². The number of aliphatic hydroxyl groups excluding tert-OH is 1. The average molecular weight is 1450 g/mol. The molecule has 19 heteroatoms. The van der Waals surface area contributed by atoms with Crippen molar-refractivity contribution in [1.29, 1.82) is 0 Å². The fraction of sp³-hybridized carbons (Fsp3) is 0.950. The van der Waals surface area contributed by atoms with Gasteiger partial charge in [0, 0.05) is 25.7 Å². The van der Waals surface area contributed by atoms with E-state index in [0.29, 0.717) is 25.7 Å². The number of esters is 4. The van der Waals surface area contributed by atoms with E-state index in [-0.39, 0.29) is 25.7 Å². The number of rotatable bonds is 77. The number of aliphatic hydroxyl groups is 1. The van der Waals surface area contributed by atoms with Crippen LogP contribution in [0.25, 0.3) is 0 Å². The zero-order valence-electron chi connectivity index (χ0n) is 65.1. The van der Waals surface area contributed by atoms with E-state index in [1.165, 1.54) is 205 Å². The fourth-order valence-corrected chi connectivity index (χ4v) is 13.8. The number of phosphoric ester groups is 2. The zero-order chi connectivity index (χ0) is 73.1. The summed E-state index contributed by atoms with van der Waals surface area (Å²) in [4.78, 5) is 72.9. The molecule has 0 heterocycles. The Labute approximate surface area is 607 Å². The first-order valence-electron chi connectivity index (χ1n) is 41.3. The summed E-state index contributed by atoms with van der Waals surface area (Å²) in [6.07, 6.45) is 55.6. The van der Waals surface area contributed by atoms with Gasteiger partial charge in [0.2, 0.25) is 0 Å². The summed E-state index contributed by atoms with van der Waals surface area (Å²) in [6.45, 7) is 14.2. The van der Waals surface area contributed by atoms with Gasteiger partial charge in [-0.1, -0.05) is 357 Å². The first-order valence-corrected chi connectivity index (χ1v) is 44.3. The molecule has 588 valence electrons. The lowest BCUT2D eigenvalue weighted by atomic mass is 9.99. The minimum absolute atomic E-state index is 0.104. The standard InChI is InChI=1S/C80H156O17P2/c1-9-72(7)58-50-42-34-30-31-37-47-55-63-80(85)97-76(67-91-78(83)61-53-45-39-38-43-51-59-73(8)10-2)69-95-99(88,89)93-65-74(81)64-92-98(86,87)94-68-75(66-90-77(82)60-52-44-35-28-24-21-17-19-23-27-33-41-49-57-71(5)6)96-79(84)62-54-46-36-29-25-20-16-14-12-11-13-15-18-22-26-32-40-48-56-70(3)4/h70-76,81H,9-69H2,1-8H3,(H,86,87)(H,88,89)/t72?,73?,74-,75-,76-/m1/s1. The number of ether oxygens (including phenoxy) is 4. The summed E-state index contributed by atoms with van der Waals surface area (Å²) in [6, 6.07) is 0. The van der Waals surface area contributed by atoms with Crippen LogP contribution in [0.2, 0.25) is 0 Å². The van der Waals surface area contributed by atoms with E-state index in [0.717, 1.165) is 120 Å². The first kappa shape index (κ1) is 97.1. The molecule has 99 heavy (non-hydrogen) atoms. The third kappa shape index (κ3) is 71.5. The lowest BCUT2D eigenvalue weighted by molar-refractivity contribution is -0.161. The molecule has 0 aromatic carbocycles. The Morgan fingerprint density at radius 2 is 0.485 bits per heavy atom. The van der Waals surface area contributed by atoms with Crippen LogP contribution in [0.5, 0.6) is 0 Å². The molecular weight excluding hydrogens is 1290 g/mol. The molecule has 0 aliphatic heterocycles. The molecule has 7 atom stereocenters. The van der Waals surface area contributed by atoms with Crippen molar-refractivity contribution in [3.8, 4) is 0 Å². The molecule has 0 aliphatic rings. The van der Waals surface area contributed by atoms with Crippen molar-refractivity contribution in [2.75, 3.05) is 39.6 Å². The SMILES string of the molecule is CCC(C)CCCCCCCCCCC(=O)O[C@H](COC(=O)CCCCCCCCC(C)CC)COP(=O)(O)OC[C@H](O)COP(=O)(O)OC[C@@H](COC(=O)CCCCCCCCCCCCCCCC(C)C)OC(=O)CCCCCCCCCCCCCCCCCCCCC(C)C. The molecule has 0 rings (SSSR count). The van der Waals surface area contributed by atoms with E-state index >= 15 is 0 Å². The summed E-state index contributed by atoms with van der Waals surface area (Å²) in [5, 5.41) is 10.6. The van der Waals surface area contributed by atoms with Crippen molar-refractivity contribution in [3.63, 3.8) is 0 Å². The highest BCUT2D eigenvalue weighted by molar-refractivity contribution is 7.47. The first-order chi connectivity index (χ1) is 47.7. The number of unbranched alkanes of at least 4 members (excludes halogenated alkanes) is 41. The highest BCUT2D eigenvalue weighted by atomic mass is 31.2. The lowest BCUT2D eigenvalue weighted by Gasteiger charge is -2.21. The number of phosphoric acid groups is 2. The average Bonchev–Trinajstić information content (AvgIpc) is 0.965. The van der Waals surface area contributed by atoms with Crippen molar-refractivity contribution < 1.29 is 80.2 Å². The summed E-state index contributed by atoms with van der Waals surface area (Å²) in [5.74, 6) is 0.994. The zero-order valence-corrected chi connectivity index (χ0v) is 66.9. The Hall–Kier alpha value is -1.94. The molecule has 0 fully saturated rings. The van der Waals surface area contributed by atoms with Crippen molar-refractivity contribution in [2.45, 2.75) is 427 Å². The molecule has 4 unspecified atom stereocenters. The number of hydrogen-bond acceptors (Lipinski definition) is 15. The van der Waals surface area contributed by atoms with Crippen molar-refractivity contribution in [2.24, 2.45) is 23.7 Å². The second-order valence-corrected chi connectivity index (χ2v) is 33.1. The van der Waals surface area contributed by atoms with Gasteiger partial charge in [0.05, 0.1) is 26.4 Å². The largest absolute Gasteiger partial charge is 0.472 e. The van der Waals surface area contributed by atoms with Gasteiger partial charge in [0.25, 0.3) is 0 Å². The van der Waals surface area contributed by atoms with Crippen LogP contribution in [0.1, 0.15) is 409 Å². The van der Waals surface area contributed by atoms with Gasteiger partial charge in [-0.05, 0) is 49.4 Å². The predicted octanol–water partition coefficient (Wildman–Crippen LogP) is 23.6. The molecule has 0 spiro atoms. The van der Waals surface area contributed by atoms with Crippen LogP contribution in [0, 0.1) is 23.7 Å². The molecule has 0 aromatic rings. The van der Waals surface area contributed by atoms with E-state index in [1.54, 1.807) is 0 Å². The molecule has 0 saturated carbocycles. The highest BCUT2D eigenvalue weighted by Crippen LogP contribution is 2.45. The van der Waals surface area contributed by atoms with Crippen LogP contribution >= 0.6 is 15.6 Å². The quantitative estimate of drug-likeness (QED) is 0.0222. The normalized spacial score (nSPS) is 14.6. The van der Waals surface area contributed by atoms with E-state index in [1.807, 2.05) is 0 Å². The van der Waals surface area contributed by atoms with E-state index < -0.39 is 97.5 Å². The molecule has 0 saturated heterocycles. The van der Waals surface area contributed by atoms with Gasteiger partial charge >= 0.3 is 39.5 Å². The maximum atomic E-state index is 13.1. The summed E-state index contributed by atoms with van der Waals surface area (Å²) < 4.78 is 68.6. The smallest absolute Gasteiger partial charge is 0.462 e. The molecule has 0 radical (unpaired) electrons. The van der Waals surface area contributed by atoms with Crippen molar-refractivity contribution >= 4 is 39.5 Å². The second kappa shape index (κ2) is 69.1. The van der Waals surface area contributed by atoms with Crippen LogP contribution in [-0.2, 0) is 65.4 Å². The van der Waals surface area contributed by atoms with Gasteiger partial charge in [-0.25, -0.2) is 9.13 Å². The Morgan fingerprint density at radius 3 is 0.717 bits per heavy atom. The molecular formula is C80H156O17P2. The monoisotopic (exact) mass is 1450 g/mol. The maximum absolute atomic E-state index is 13.1. The Kier molecular flexibility index (Phi) is 67.8. The molecule has 0 aliphatic carbocycles. The Bertz CT molecular complexity index is 1940. The minimum atomic E-state index is -4.96. The highest BCUT2D eigenvalue weighted by Gasteiger charge is 2.30. The third-order valence-electron chi connectivity index (χ3n) is 19.3. The fourth-order valence-electron chi connectivity index (χ4n) is 12.2. The van der Waals surface area contributed by atoms with E-state index in [2.05, 4.69) is 55.4 Å². The summed E-state index contributed by atoms with van der Waals surface area (Å²) in [5.41, 5.74) is 0. The third-order valence-corrected chi connectivity index (χ3v) is 21.2. The van der Waals surface area contributed by atoms with Gasteiger partial charge in [0.1, 0.15) is 19.3 Å². The molecule has 3 N–H and O–H groups in total. The molecule has 17 nitrogen and oxygen atoms in total. The Morgan fingerprint density at radius 1 is 0.283 bits per heavy atom. The maximum Gasteiger partial charge on any atom is 0.472 e. The van der Waals surface area contributed by atoms with Crippen molar-refractivity contribution in [3.05, 3.63) is 0 Å². The predicted molar refractivity (Wildman–Crippen MR) is 404 cm³/mol. The Balaban J connectivity index is 5.23. The minimum Gasteiger partial charge on any atom is -0.462 e. The van der Waals surface area contributed by atoms with Crippen LogP contribution in [-0.4, -0.2) is 96.7 Å². The van der Waals surface area contributed by atoms with Crippen LogP contribution in [0.15, 0.2) is 0 Å². The van der Waals surface area contributed by atoms with Gasteiger partial charge in [-0.2, -0.15) is 0 Å². The van der Waals surface area contributed by atoms with Gasteiger partial charge < -0.3 is 33.8 Å².